The van der Waals surface area contributed by atoms with Crippen LogP contribution in [0.25, 0.3) is 10.6 Å². The minimum Gasteiger partial charge on any atom is -0.487 e. The number of hydrogen-bond acceptors (Lipinski definition) is 5. The molecular formula is C18H14N2O3S. The van der Waals surface area contributed by atoms with Gasteiger partial charge in [0.1, 0.15) is 23.7 Å². The SMILES string of the molecule is NC(=O)c1ccc(-c2nc(COc3ccc(C=O)cc3)cs2)cc1. The number of rotatable bonds is 6. The summed E-state index contributed by atoms with van der Waals surface area (Å²) in [5, 5.41) is 2.78. The van der Waals surface area contributed by atoms with E-state index >= 15 is 0 Å². The van der Waals surface area contributed by atoms with Gasteiger partial charge in [-0.05, 0) is 36.4 Å². The topological polar surface area (TPSA) is 82.3 Å². The molecule has 3 rings (SSSR count). The standard InChI is InChI=1S/C18H14N2O3S/c19-17(22)13-3-5-14(6-4-13)18-20-15(11-24-18)10-23-16-7-1-12(9-21)2-8-16/h1-9,11H,10H2,(H2,19,22). The Kier molecular flexibility index (Phi) is 4.67. The van der Waals surface area contributed by atoms with Gasteiger partial charge in [-0.1, -0.05) is 12.1 Å². The van der Waals surface area contributed by atoms with Crippen molar-refractivity contribution in [1.29, 1.82) is 0 Å². The maximum atomic E-state index is 11.1. The first-order chi connectivity index (χ1) is 11.7. The molecule has 2 N–H and O–H groups in total. The van der Waals surface area contributed by atoms with Gasteiger partial charge in [0.05, 0.1) is 5.69 Å². The van der Waals surface area contributed by atoms with E-state index in [1.165, 1.54) is 11.3 Å². The summed E-state index contributed by atoms with van der Waals surface area (Å²) in [6.45, 7) is 0.344. The number of aromatic nitrogens is 1. The molecule has 3 aromatic rings. The highest BCUT2D eigenvalue weighted by atomic mass is 32.1. The van der Waals surface area contributed by atoms with Gasteiger partial charge >= 0.3 is 0 Å². The quantitative estimate of drug-likeness (QED) is 0.699. The van der Waals surface area contributed by atoms with Gasteiger partial charge in [-0.25, -0.2) is 4.98 Å². The lowest BCUT2D eigenvalue weighted by Crippen LogP contribution is -2.10. The van der Waals surface area contributed by atoms with E-state index in [-0.39, 0.29) is 0 Å². The van der Waals surface area contributed by atoms with Crippen LogP contribution >= 0.6 is 11.3 Å². The Morgan fingerprint density at radius 3 is 2.46 bits per heavy atom. The zero-order chi connectivity index (χ0) is 16.9. The molecule has 5 nitrogen and oxygen atoms in total. The van der Waals surface area contributed by atoms with E-state index < -0.39 is 5.91 Å². The van der Waals surface area contributed by atoms with E-state index in [1.54, 1.807) is 36.4 Å². The van der Waals surface area contributed by atoms with Crippen LogP contribution in [0.3, 0.4) is 0 Å². The second-order valence-electron chi connectivity index (χ2n) is 5.06. The van der Waals surface area contributed by atoms with Gasteiger partial charge in [0, 0.05) is 22.1 Å². The van der Waals surface area contributed by atoms with Gasteiger partial charge in [-0.2, -0.15) is 0 Å². The highest BCUT2D eigenvalue weighted by molar-refractivity contribution is 7.13. The Morgan fingerprint density at radius 2 is 1.83 bits per heavy atom. The summed E-state index contributed by atoms with van der Waals surface area (Å²) < 4.78 is 5.66. The second-order valence-corrected chi connectivity index (χ2v) is 5.92. The number of ether oxygens (including phenoxy) is 1. The molecular weight excluding hydrogens is 324 g/mol. The fraction of sp³-hybridized carbons (Fsp3) is 0.0556. The first kappa shape index (κ1) is 15.9. The number of hydrogen-bond donors (Lipinski definition) is 1. The van der Waals surface area contributed by atoms with Crippen LogP contribution in [0.4, 0.5) is 0 Å². The number of nitrogens with zero attached hydrogens (tertiary/aromatic N) is 1. The van der Waals surface area contributed by atoms with Crippen molar-refractivity contribution in [1.82, 2.24) is 4.98 Å². The lowest BCUT2D eigenvalue weighted by molar-refractivity contribution is 0.1000. The molecule has 1 heterocycles. The predicted molar refractivity (Wildman–Crippen MR) is 92.2 cm³/mol. The molecule has 0 atom stereocenters. The van der Waals surface area contributed by atoms with E-state index in [0.29, 0.717) is 23.5 Å². The van der Waals surface area contributed by atoms with Crippen LogP contribution < -0.4 is 10.5 Å². The maximum absolute atomic E-state index is 11.1. The number of amides is 1. The number of thiazole rings is 1. The molecule has 0 saturated carbocycles. The van der Waals surface area contributed by atoms with Crippen LogP contribution in [-0.2, 0) is 6.61 Å². The normalized spacial score (nSPS) is 10.3. The first-order valence-corrected chi connectivity index (χ1v) is 8.06. The monoisotopic (exact) mass is 338 g/mol. The van der Waals surface area contributed by atoms with Crippen molar-refractivity contribution in [2.45, 2.75) is 6.61 Å². The molecule has 0 aliphatic rings. The van der Waals surface area contributed by atoms with E-state index in [2.05, 4.69) is 4.98 Å². The Morgan fingerprint density at radius 1 is 1.12 bits per heavy atom. The zero-order valence-electron chi connectivity index (χ0n) is 12.6. The summed E-state index contributed by atoms with van der Waals surface area (Å²) in [6.07, 6.45) is 0.792. The average molecular weight is 338 g/mol. The lowest BCUT2D eigenvalue weighted by Gasteiger charge is -2.04. The van der Waals surface area contributed by atoms with E-state index in [0.717, 1.165) is 22.6 Å². The lowest BCUT2D eigenvalue weighted by atomic mass is 10.1. The highest BCUT2D eigenvalue weighted by Crippen LogP contribution is 2.24. The number of nitrogens with two attached hydrogens (primary N) is 1. The number of carbonyl (C=O) groups excluding carboxylic acids is 2. The highest BCUT2D eigenvalue weighted by Gasteiger charge is 2.07. The smallest absolute Gasteiger partial charge is 0.248 e. The molecule has 0 bridgehead atoms. The average Bonchev–Trinajstić information content (AvgIpc) is 3.09. The molecule has 0 aliphatic heterocycles. The molecule has 0 radical (unpaired) electrons. The molecule has 2 aromatic carbocycles. The molecule has 6 heteroatoms. The summed E-state index contributed by atoms with van der Waals surface area (Å²) in [4.78, 5) is 26.2. The molecule has 1 aromatic heterocycles. The minimum atomic E-state index is -0.449. The zero-order valence-corrected chi connectivity index (χ0v) is 13.5. The molecule has 0 spiro atoms. The third-order valence-electron chi connectivity index (χ3n) is 3.37. The third-order valence-corrected chi connectivity index (χ3v) is 4.31. The van der Waals surface area contributed by atoms with E-state index in [9.17, 15) is 9.59 Å². The molecule has 24 heavy (non-hydrogen) atoms. The van der Waals surface area contributed by atoms with Gasteiger partial charge in [-0.15, -0.1) is 11.3 Å². The van der Waals surface area contributed by atoms with E-state index in [1.807, 2.05) is 17.5 Å². The molecule has 1 amide bonds. The van der Waals surface area contributed by atoms with Crippen LogP contribution in [-0.4, -0.2) is 17.2 Å². The largest absolute Gasteiger partial charge is 0.487 e. The second kappa shape index (κ2) is 7.06. The molecule has 0 saturated heterocycles. The molecule has 120 valence electrons. The van der Waals surface area contributed by atoms with Crippen LogP contribution in [0.15, 0.2) is 53.9 Å². The summed E-state index contributed by atoms with van der Waals surface area (Å²) >= 11 is 1.50. The van der Waals surface area contributed by atoms with Crippen LogP contribution in [0.5, 0.6) is 5.75 Å². The number of aldehydes is 1. The van der Waals surface area contributed by atoms with Crippen molar-refractivity contribution in [3.63, 3.8) is 0 Å². The van der Waals surface area contributed by atoms with Crippen molar-refractivity contribution in [3.05, 3.63) is 70.7 Å². The minimum absolute atomic E-state index is 0.344. The molecule has 0 unspecified atom stereocenters. The van der Waals surface area contributed by atoms with E-state index in [4.69, 9.17) is 10.5 Å². The Bertz CT molecular complexity index is 855. The van der Waals surface area contributed by atoms with Crippen molar-refractivity contribution in [2.75, 3.05) is 0 Å². The van der Waals surface area contributed by atoms with Crippen LogP contribution in [0, 0.1) is 0 Å². The summed E-state index contributed by atoms with van der Waals surface area (Å²) in [7, 11) is 0. The Balaban J connectivity index is 1.66. The fourth-order valence-electron chi connectivity index (χ4n) is 2.08. The predicted octanol–water partition coefficient (Wildman–Crippen LogP) is 3.30. The van der Waals surface area contributed by atoms with Gasteiger partial charge in [-0.3, -0.25) is 9.59 Å². The first-order valence-electron chi connectivity index (χ1n) is 7.18. The van der Waals surface area contributed by atoms with Gasteiger partial charge in [0.25, 0.3) is 0 Å². The number of benzene rings is 2. The van der Waals surface area contributed by atoms with Crippen molar-refractivity contribution in [3.8, 4) is 16.3 Å². The molecule has 0 aliphatic carbocycles. The van der Waals surface area contributed by atoms with Crippen LogP contribution in [0.1, 0.15) is 26.4 Å². The summed E-state index contributed by atoms with van der Waals surface area (Å²) in [5.41, 5.74) is 8.05. The van der Waals surface area contributed by atoms with Crippen molar-refractivity contribution < 1.29 is 14.3 Å². The van der Waals surface area contributed by atoms with Crippen molar-refractivity contribution in [2.24, 2.45) is 5.73 Å². The van der Waals surface area contributed by atoms with Gasteiger partial charge in [0.15, 0.2) is 0 Å². The Labute approximate surface area is 142 Å². The third kappa shape index (κ3) is 3.67. The van der Waals surface area contributed by atoms with Gasteiger partial charge in [0.2, 0.25) is 5.91 Å². The fourth-order valence-corrected chi connectivity index (χ4v) is 2.89. The summed E-state index contributed by atoms with van der Waals surface area (Å²) in [5.74, 6) is 0.233. The van der Waals surface area contributed by atoms with Crippen molar-refractivity contribution >= 4 is 23.5 Å². The van der Waals surface area contributed by atoms with Crippen LogP contribution in [0.2, 0.25) is 0 Å². The number of carbonyl (C=O) groups is 2. The Hall–Kier alpha value is -2.99. The maximum Gasteiger partial charge on any atom is 0.248 e. The molecule has 0 fully saturated rings. The summed E-state index contributed by atoms with van der Waals surface area (Å²) in [6, 6.07) is 13.9. The van der Waals surface area contributed by atoms with Gasteiger partial charge < -0.3 is 10.5 Å². The number of primary amides is 1.